The molecule has 9 nitrogen and oxygen atoms in total. The van der Waals surface area contributed by atoms with Gasteiger partial charge in [0.15, 0.2) is 0 Å². The van der Waals surface area contributed by atoms with Crippen LogP contribution in [0.4, 0.5) is 11.4 Å². The number of para-hydroxylation sites is 1. The van der Waals surface area contributed by atoms with Crippen molar-refractivity contribution in [2.75, 3.05) is 69.3 Å². The van der Waals surface area contributed by atoms with Crippen molar-refractivity contribution >= 4 is 44.6 Å². The third-order valence-electron chi connectivity index (χ3n) is 11.0. The highest BCUT2D eigenvalue weighted by Gasteiger charge is 2.33. The highest BCUT2D eigenvalue weighted by molar-refractivity contribution is 6.03. The lowest BCUT2D eigenvalue weighted by atomic mass is 9.94. The molecule has 1 unspecified atom stereocenters. The summed E-state index contributed by atoms with van der Waals surface area (Å²) in [5.74, 6) is 0.636. The molecule has 0 saturated carbocycles. The minimum absolute atomic E-state index is 0.143. The largest absolute Gasteiger partial charge is 0.493 e. The molecule has 1 fully saturated rings. The summed E-state index contributed by atoms with van der Waals surface area (Å²) in [5.41, 5.74) is 12.7. The van der Waals surface area contributed by atoms with Crippen LogP contribution in [-0.4, -0.2) is 81.1 Å². The lowest BCUT2D eigenvalue weighted by molar-refractivity contribution is 0.0512. The van der Waals surface area contributed by atoms with Gasteiger partial charge in [-0.25, -0.2) is 9.80 Å². The van der Waals surface area contributed by atoms with Gasteiger partial charge in [-0.15, -0.1) is 0 Å². The molecule has 1 atom stereocenters. The molecule has 1 aromatic heterocycles. The number of nitrogens with zero attached hydrogens (tertiary/aromatic N) is 4. The number of carbonyl (C=O) groups is 1. The number of rotatable bonds is 9. The average Bonchev–Trinajstić information content (AvgIpc) is 3.65. The van der Waals surface area contributed by atoms with Crippen LogP contribution < -0.4 is 25.3 Å². The fraction of sp³-hybridized carbons (Fsp3) is 0.372. The number of carbonyl (C=O) groups excluding carboxylic acids is 1. The minimum atomic E-state index is -0.254. The summed E-state index contributed by atoms with van der Waals surface area (Å²) < 4.78 is 14.4. The molecular weight excluding hydrogens is 649 g/mol. The third-order valence-corrected chi connectivity index (χ3v) is 11.0. The summed E-state index contributed by atoms with van der Waals surface area (Å²) in [5, 5.41) is 9.06. The van der Waals surface area contributed by atoms with E-state index in [9.17, 15) is 4.79 Å². The van der Waals surface area contributed by atoms with Gasteiger partial charge in [-0.05, 0) is 74.4 Å². The van der Waals surface area contributed by atoms with Crippen LogP contribution in [0.5, 0.6) is 5.75 Å². The molecule has 0 radical (unpaired) electrons. The summed E-state index contributed by atoms with van der Waals surface area (Å²) in [6.07, 6.45) is 2.35. The third kappa shape index (κ3) is 6.48. The van der Waals surface area contributed by atoms with Crippen molar-refractivity contribution < 1.29 is 14.3 Å². The Morgan fingerprint density at radius 1 is 0.846 bits per heavy atom. The second kappa shape index (κ2) is 14.9. The number of piperazine rings is 1. The maximum Gasteiger partial charge on any atom is 0.355 e. The maximum atomic E-state index is 14.0. The molecule has 3 aliphatic heterocycles. The molecule has 2 N–H and O–H groups in total. The van der Waals surface area contributed by atoms with E-state index in [1.54, 1.807) is 0 Å². The van der Waals surface area contributed by atoms with Gasteiger partial charge in [0.2, 0.25) is 0 Å². The smallest absolute Gasteiger partial charge is 0.355 e. The number of benzene rings is 4. The van der Waals surface area contributed by atoms with Gasteiger partial charge in [-0.3, -0.25) is 0 Å². The zero-order valence-electron chi connectivity index (χ0n) is 30.7. The number of hydrogen-bond donors (Lipinski definition) is 2. The van der Waals surface area contributed by atoms with Crippen LogP contribution >= 0.6 is 0 Å². The Morgan fingerprint density at radius 3 is 2.38 bits per heavy atom. The van der Waals surface area contributed by atoms with Gasteiger partial charge in [0.25, 0.3) is 0 Å². The van der Waals surface area contributed by atoms with E-state index >= 15 is 0 Å². The number of aromatic nitrogens is 1. The molecular formula is C43H50N6O3. The van der Waals surface area contributed by atoms with Crippen LogP contribution in [0.15, 0.2) is 90.6 Å². The first-order valence-corrected chi connectivity index (χ1v) is 19.0. The Kier molecular flexibility index (Phi) is 9.80. The Labute approximate surface area is 306 Å². The maximum absolute atomic E-state index is 14.0. The predicted molar refractivity (Wildman–Crippen MR) is 211 cm³/mol. The van der Waals surface area contributed by atoms with Crippen molar-refractivity contribution in [1.29, 1.82) is 0 Å². The first-order chi connectivity index (χ1) is 25.5. The summed E-state index contributed by atoms with van der Waals surface area (Å²) in [7, 11) is 2.12. The van der Waals surface area contributed by atoms with Crippen molar-refractivity contribution in [2.24, 2.45) is 0 Å². The number of hydrazine groups is 1. The summed E-state index contributed by atoms with van der Waals surface area (Å²) in [4.78, 5) is 18.9. The fourth-order valence-electron chi connectivity index (χ4n) is 8.39. The second-order valence-electron chi connectivity index (χ2n) is 14.1. The molecule has 8 rings (SSSR count). The van der Waals surface area contributed by atoms with E-state index < -0.39 is 0 Å². The van der Waals surface area contributed by atoms with Crippen LogP contribution in [-0.2, 0) is 17.7 Å². The normalized spacial score (nSPS) is 18.1. The Morgan fingerprint density at radius 2 is 1.58 bits per heavy atom. The number of fused-ring (bicyclic) bond motifs is 2. The number of aryl methyl sites for hydroxylation is 2. The van der Waals surface area contributed by atoms with Gasteiger partial charge in [0.05, 0.1) is 37.0 Å². The van der Waals surface area contributed by atoms with Gasteiger partial charge >= 0.3 is 5.97 Å². The minimum Gasteiger partial charge on any atom is -0.493 e. The number of esters is 1. The molecule has 270 valence electrons. The number of likely N-dealkylation sites (N-methyl/N-ethyl adjacent to an activating group) is 1. The Balaban J connectivity index is 1.14. The van der Waals surface area contributed by atoms with E-state index in [2.05, 4.69) is 111 Å². The van der Waals surface area contributed by atoms with Crippen LogP contribution in [0.3, 0.4) is 0 Å². The van der Waals surface area contributed by atoms with Gasteiger partial charge in [-0.1, -0.05) is 54.6 Å². The first-order valence-electron chi connectivity index (χ1n) is 19.0. The van der Waals surface area contributed by atoms with Crippen LogP contribution in [0.25, 0.3) is 27.2 Å². The first kappa shape index (κ1) is 34.1. The molecule has 52 heavy (non-hydrogen) atoms. The van der Waals surface area contributed by atoms with E-state index in [0.717, 1.165) is 79.7 Å². The van der Waals surface area contributed by atoms with E-state index in [4.69, 9.17) is 9.47 Å². The molecule has 3 aliphatic rings. The van der Waals surface area contributed by atoms with Crippen molar-refractivity contribution in [3.8, 4) is 5.75 Å². The monoisotopic (exact) mass is 698 g/mol. The fourth-order valence-corrected chi connectivity index (χ4v) is 8.39. The van der Waals surface area contributed by atoms with Gasteiger partial charge in [0.1, 0.15) is 11.4 Å². The van der Waals surface area contributed by atoms with Crippen molar-refractivity contribution in [3.63, 3.8) is 0 Å². The highest BCUT2D eigenvalue weighted by atomic mass is 16.5. The van der Waals surface area contributed by atoms with Crippen LogP contribution in [0.2, 0.25) is 0 Å². The zero-order valence-corrected chi connectivity index (χ0v) is 30.7. The standard InChI is InChI=1S/C43H50N6O3/c1-4-51-43(50)42-36(16-9-28-52-39-17-7-12-31-11-5-6-13-34(31)39)35-14-8-15-37-40-30(2)46(3)45-38(40)29-48(24-10-25-49(42)41(35)37)33-20-18-32(19-21-33)47-26-22-44-23-27-47/h5-8,11-15,17-21,30,44-45H,4,9-10,16,22-29H2,1-3H3. The number of anilines is 2. The summed E-state index contributed by atoms with van der Waals surface area (Å²) in [6, 6.07) is 30.3. The van der Waals surface area contributed by atoms with E-state index in [1.807, 2.05) is 25.1 Å². The SMILES string of the molecule is CCOC(=O)c1c(CCCOc2cccc3ccccc23)c2cccc3c2n1CCCN(c1ccc(N2CCNCC2)cc1)CC1=C3C(C)N(C)N1. The molecule has 5 aromatic rings. The molecule has 0 bridgehead atoms. The van der Waals surface area contributed by atoms with Crippen molar-refractivity contribution in [1.82, 2.24) is 20.3 Å². The second-order valence-corrected chi connectivity index (χ2v) is 14.1. The number of nitrogens with one attached hydrogen (secondary N) is 2. The van der Waals surface area contributed by atoms with Crippen molar-refractivity contribution in [3.05, 3.63) is 107 Å². The lowest BCUT2D eigenvalue weighted by Gasteiger charge is -2.31. The Bertz CT molecular complexity index is 2090. The highest BCUT2D eigenvalue weighted by Crippen LogP contribution is 2.39. The summed E-state index contributed by atoms with van der Waals surface area (Å²) in [6.45, 7) is 11.5. The predicted octanol–water partition coefficient (Wildman–Crippen LogP) is 6.85. The van der Waals surface area contributed by atoms with E-state index in [0.29, 0.717) is 31.9 Å². The number of ether oxygens (including phenoxy) is 2. The average molecular weight is 699 g/mol. The van der Waals surface area contributed by atoms with Crippen molar-refractivity contribution in [2.45, 2.75) is 45.7 Å². The van der Waals surface area contributed by atoms with Crippen LogP contribution in [0.1, 0.15) is 48.3 Å². The Hall–Kier alpha value is -4.99. The van der Waals surface area contributed by atoms with Crippen LogP contribution in [0, 0.1) is 0 Å². The van der Waals surface area contributed by atoms with Gasteiger partial charge < -0.3 is 34.6 Å². The molecule has 1 saturated heterocycles. The number of hydrogen-bond acceptors (Lipinski definition) is 8. The molecule has 4 aromatic carbocycles. The molecule has 0 aliphatic carbocycles. The quantitative estimate of drug-likeness (QED) is 0.128. The van der Waals surface area contributed by atoms with Gasteiger partial charge in [-0.2, -0.15) is 0 Å². The van der Waals surface area contributed by atoms with E-state index in [1.165, 1.54) is 33.6 Å². The lowest BCUT2D eigenvalue weighted by Crippen LogP contribution is -2.43. The van der Waals surface area contributed by atoms with E-state index in [-0.39, 0.29) is 12.0 Å². The molecule has 0 amide bonds. The molecule has 9 heteroatoms. The molecule has 4 heterocycles. The topological polar surface area (TPSA) is 74.2 Å². The van der Waals surface area contributed by atoms with Gasteiger partial charge in [0, 0.05) is 79.6 Å². The molecule has 0 spiro atoms. The summed E-state index contributed by atoms with van der Waals surface area (Å²) >= 11 is 0. The zero-order chi connectivity index (χ0) is 35.6.